The van der Waals surface area contributed by atoms with Gasteiger partial charge >= 0.3 is 0 Å². The topological polar surface area (TPSA) is 24.9 Å². The average Bonchev–Trinajstić information content (AvgIpc) is 2.45. The van der Waals surface area contributed by atoms with Gasteiger partial charge in [-0.15, -0.1) is 0 Å². The second kappa shape index (κ2) is 7.05. The van der Waals surface area contributed by atoms with Gasteiger partial charge in [0.1, 0.15) is 0 Å². The summed E-state index contributed by atoms with van der Waals surface area (Å²) in [6.45, 7) is 5.39. The third-order valence-corrected chi connectivity index (χ3v) is 3.38. The van der Waals surface area contributed by atoms with Crippen LogP contribution >= 0.6 is 0 Å². The Morgan fingerprint density at radius 1 is 1.16 bits per heavy atom. The van der Waals surface area contributed by atoms with Gasteiger partial charge < -0.3 is 5.32 Å². The van der Waals surface area contributed by atoms with E-state index < -0.39 is 0 Å². The van der Waals surface area contributed by atoms with Gasteiger partial charge in [-0.05, 0) is 49.1 Å². The zero-order chi connectivity index (χ0) is 13.5. The molecule has 1 heterocycles. The Hall–Kier alpha value is -1.67. The van der Waals surface area contributed by atoms with Gasteiger partial charge in [0.05, 0.1) is 0 Å². The van der Waals surface area contributed by atoms with E-state index >= 15 is 0 Å². The Morgan fingerprint density at radius 3 is 2.63 bits per heavy atom. The number of pyridine rings is 1. The van der Waals surface area contributed by atoms with Gasteiger partial charge in [0.25, 0.3) is 0 Å². The van der Waals surface area contributed by atoms with Gasteiger partial charge in [0, 0.05) is 18.4 Å². The van der Waals surface area contributed by atoms with Crippen molar-refractivity contribution in [2.75, 3.05) is 6.54 Å². The van der Waals surface area contributed by atoms with Crippen molar-refractivity contribution < 1.29 is 0 Å². The van der Waals surface area contributed by atoms with Crippen LogP contribution < -0.4 is 5.32 Å². The number of benzene rings is 1. The Morgan fingerprint density at radius 2 is 1.95 bits per heavy atom. The zero-order valence-corrected chi connectivity index (χ0v) is 11.8. The molecule has 0 aliphatic heterocycles. The van der Waals surface area contributed by atoms with Crippen molar-refractivity contribution >= 4 is 0 Å². The van der Waals surface area contributed by atoms with Crippen molar-refractivity contribution in [2.24, 2.45) is 0 Å². The van der Waals surface area contributed by atoms with Crippen molar-refractivity contribution in [3.05, 3.63) is 65.5 Å². The maximum absolute atomic E-state index is 4.28. The predicted molar refractivity (Wildman–Crippen MR) is 80.2 cm³/mol. The molecule has 0 bridgehead atoms. The van der Waals surface area contributed by atoms with E-state index in [1.165, 1.54) is 16.7 Å². The molecule has 1 atom stereocenters. The van der Waals surface area contributed by atoms with Crippen LogP contribution in [0.2, 0.25) is 0 Å². The highest BCUT2D eigenvalue weighted by Gasteiger charge is 2.13. The molecule has 1 unspecified atom stereocenters. The SMILES string of the molecule is CCCNC(Cc1ccccc1)c1cnccc1C. The molecule has 2 rings (SSSR count). The molecule has 1 aromatic carbocycles. The fourth-order valence-corrected chi connectivity index (χ4v) is 2.30. The summed E-state index contributed by atoms with van der Waals surface area (Å²) in [6, 6.07) is 13.1. The van der Waals surface area contributed by atoms with E-state index in [-0.39, 0.29) is 0 Å². The van der Waals surface area contributed by atoms with E-state index in [1.54, 1.807) is 0 Å². The molecule has 0 saturated heterocycles. The third kappa shape index (κ3) is 3.90. The van der Waals surface area contributed by atoms with Crippen molar-refractivity contribution in [3.63, 3.8) is 0 Å². The van der Waals surface area contributed by atoms with Crippen molar-refractivity contribution in [1.29, 1.82) is 0 Å². The first kappa shape index (κ1) is 13.8. The van der Waals surface area contributed by atoms with Crippen molar-refractivity contribution in [3.8, 4) is 0 Å². The normalized spacial score (nSPS) is 12.3. The Balaban J connectivity index is 2.19. The maximum Gasteiger partial charge on any atom is 0.0378 e. The van der Waals surface area contributed by atoms with Crippen LogP contribution in [-0.4, -0.2) is 11.5 Å². The van der Waals surface area contributed by atoms with Crippen LogP contribution in [0.5, 0.6) is 0 Å². The first-order valence-electron chi connectivity index (χ1n) is 6.99. The van der Waals surface area contributed by atoms with Crippen LogP contribution in [0.25, 0.3) is 0 Å². The first-order chi connectivity index (χ1) is 9.31. The lowest BCUT2D eigenvalue weighted by Gasteiger charge is -2.20. The average molecular weight is 254 g/mol. The minimum atomic E-state index is 0.344. The van der Waals surface area contributed by atoms with Gasteiger partial charge in [-0.3, -0.25) is 4.98 Å². The molecule has 0 amide bonds. The smallest absolute Gasteiger partial charge is 0.0378 e. The van der Waals surface area contributed by atoms with Crippen LogP contribution in [0, 0.1) is 6.92 Å². The summed E-state index contributed by atoms with van der Waals surface area (Å²) >= 11 is 0. The monoisotopic (exact) mass is 254 g/mol. The molecule has 0 radical (unpaired) electrons. The highest BCUT2D eigenvalue weighted by molar-refractivity contribution is 5.27. The summed E-state index contributed by atoms with van der Waals surface area (Å²) in [7, 11) is 0. The van der Waals surface area contributed by atoms with E-state index in [4.69, 9.17) is 0 Å². The number of nitrogens with one attached hydrogen (secondary N) is 1. The molecule has 1 aromatic heterocycles. The molecule has 100 valence electrons. The summed E-state index contributed by atoms with van der Waals surface area (Å²) in [4.78, 5) is 4.28. The van der Waals surface area contributed by atoms with Gasteiger partial charge in [0.2, 0.25) is 0 Å². The highest BCUT2D eigenvalue weighted by Crippen LogP contribution is 2.20. The fraction of sp³-hybridized carbons (Fsp3) is 0.353. The summed E-state index contributed by atoms with van der Waals surface area (Å²) in [5, 5.41) is 3.64. The Kier molecular flexibility index (Phi) is 5.10. The van der Waals surface area contributed by atoms with Crippen LogP contribution in [0.1, 0.15) is 36.1 Å². The maximum atomic E-state index is 4.28. The second-order valence-corrected chi connectivity index (χ2v) is 4.93. The standard InChI is InChI=1S/C17H22N2/c1-3-10-19-17(12-15-7-5-4-6-8-15)16-13-18-11-9-14(16)2/h4-9,11,13,17,19H,3,10,12H2,1-2H3. The first-order valence-corrected chi connectivity index (χ1v) is 6.99. The van der Waals surface area contributed by atoms with Gasteiger partial charge in [-0.2, -0.15) is 0 Å². The molecule has 0 fully saturated rings. The van der Waals surface area contributed by atoms with Crippen LogP contribution in [0.4, 0.5) is 0 Å². The Labute approximate surface area is 115 Å². The highest BCUT2D eigenvalue weighted by atomic mass is 14.9. The van der Waals surface area contributed by atoms with Crippen LogP contribution in [-0.2, 0) is 6.42 Å². The molecular formula is C17H22N2. The third-order valence-electron chi connectivity index (χ3n) is 3.38. The number of aromatic nitrogens is 1. The van der Waals surface area contributed by atoms with E-state index in [9.17, 15) is 0 Å². The van der Waals surface area contributed by atoms with Gasteiger partial charge in [-0.25, -0.2) is 0 Å². The fourth-order valence-electron chi connectivity index (χ4n) is 2.30. The summed E-state index contributed by atoms with van der Waals surface area (Å²) in [5.41, 5.74) is 3.97. The molecule has 2 heteroatoms. The number of rotatable bonds is 6. The van der Waals surface area contributed by atoms with Gasteiger partial charge in [0.15, 0.2) is 0 Å². The predicted octanol–water partition coefficient (Wildman–Crippen LogP) is 3.67. The van der Waals surface area contributed by atoms with E-state index in [2.05, 4.69) is 60.5 Å². The van der Waals surface area contributed by atoms with Crippen molar-refractivity contribution in [2.45, 2.75) is 32.7 Å². The van der Waals surface area contributed by atoms with Crippen LogP contribution in [0.15, 0.2) is 48.8 Å². The van der Waals surface area contributed by atoms with Crippen molar-refractivity contribution in [1.82, 2.24) is 10.3 Å². The molecule has 2 aromatic rings. The second-order valence-electron chi connectivity index (χ2n) is 4.93. The summed E-state index contributed by atoms with van der Waals surface area (Å²) in [5.74, 6) is 0. The molecule has 0 aliphatic carbocycles. The van der Waals surface area contributed by atoms with Gasteiger partial charge in [-0.1, -0.05) is 37.3 Å². The zero-order valence-electron chi connectivity index (χ0n) is 11.8. The van der Waals surface area contributed by atoms with E-state index in [0.29, 0.717) is 6.04 Å². The molecular weight excluding hydrogens is 232 g/mol. The van der Waals surface area contributed by atoms with E-state index in [0.717, 1.165) is 19.4 Å². The Bertz CT molecular complexity index is 494. The number of hydrogen-bond donors (Lipinski definition) is 1. The lowest BCUT2D eigenvalue weighted by molar-refractivity contribution is 0.526. The number of nitrogens with zero attached hydrogens (tertiary/aromatic N) is 1. The molecule has 1 N–H and O–H groups in total. The molecule has 0 saturated carbocycles. The number of hydrogen-bond acceptors (Lipinski definition) is 2. The quantitative estimate of drug-likeness (QED) is 0.850. The molecule has 2 nitrogen and oxygen atoms in total. The molecule has 19 heavy (non-hydrogen) atoms. The lowest BCUT2D eigenvalue weighted by atomic mass is 9.97. The largest absolute Gasteiger partial charge is 0.310 e. The van der Waals surface area contributed by atoms with Crippen LogP contribution in [0.3, 0.4) is 0 Å². The number of aryl methyl sites for hydroxylation is 1. The molecule has 0 spiro atoms. The minimum Gasteiger partial charge on any atom is -0.310 e. The van der Waals surface area contributed by atoms with E-state index in [1.807, 2.05) is 12.4 Å². The summed E-state index contributed by atoms with van der Waals surface area (Å²) in [6.07, 6.45) is 6.00. The lowest BCUT2D eigenvalue weighted by Crippen LogP contribution is -2.25. The minimum absolute atomic E-state index is 0.344. The molecule has 0 aliphatic rings. The summed E-state index contributed by atoms with van der Waals surface area (Å²) < 4.78 is 0.